The third-order valence-corrected chi connectivity index (χ3v) is 6.70. The van der Waals surface area contributed by atoms with Crippen LogP contribution in [0.15, 0.2) is 18.3 Å². The van der Waals surface area contributed by atoms with E-state index in [-0.39, 0.29) is 6.61 Å². The molecule has 11 heteroatoms. The Morgan fingerprint density at radius 2 is 1.97 bits per heavy atom. The molecule has 2 aliphatic rings. The molecule has 10 nitrogen and oxygen atoms in total. The summed E-state index contributed by atoms with van der Waals surface area (Å²) < 4.78 is 5.19. The van der Waals surface area contributed by atoms with E-state index in [2.05, 4.69) is 30.4 Å². The highest BCUT2D eigenvalue weighted by atomic mass is 35.5. The van der Waals surface area contributed by atoms with Crippen molar-refractivity contribution in [3.63, 3.8) is 0 Å². The average molecular weight is 453 g/mol. The summed E-state index contributed by atoms with van der Waals surface area (Å²) in [5.74, 6) is 1.10. The highest BCUT2D eigenvalue weighted by Crippen LogP contribution is 2.37. The number of hydrogen-bond donors (Lipinski definition) is 3. The van der Waals surface area contributed by atoms with Crippen LogP contribution in [0.5, 0.6) is 5.88 Å². The summed E-state index contributed by atoms with van der Waals surface area (Å²) in [6.07, 6.45) is 3.76. The van der Waals surface area contributed by atoms with E-state index in [9.17, 15) is 5.11 Å². The first-order valence-corrected chi connectivity index (χ1v) is 10.9. The number of methoxy groups -OCH3 is 1. The van der Waals surface area contributed by atoms with Gasteiger partial charge in [0.2, 0.25) is 5.88 Å². The third kappa shape index (κ3) is 2.90. The van der Waals surface area contributed by atoms with Crippen LogP contribution < -0.4 is 15.0 Å². The molecule has 0 spiro atoms. The van der Waals surface area contributed by atoms with Gasteiger partial charge in [0.15, 0.2) is 11.5 Å². The molecule has 3 N–H and O–H groups in total. The average Bonchev–Trinajstić information content (AvgIpc) is 3.34. The van der Waals surface area contributed by atoms with Gasteiger partial charge in [-0.05, 0) is 25.0 Å². The number of aliphatic hydroxyl groups is 1. The van der Waals surface area contributed by atoms with Gasteiger partial charge < -0.3 is 20.1 Å². The summed E-state index contributed by atoms with van der Waals surface area (Å²) in [6.45, 7) is 1.61. The molecule has 2 saturated heterocycles. The molecule has 4 aromatic rings. The van der Waals surface area contributed by atoms with Gasteiger partial charge in [0.1, 0.15) is 22.4 Å². The van der Waals surface area contributed by atoms with Gasteiger partial charge in [0.05, 0.1) is 30.5 Å². The van der Waals surface area contributed by atoms with Gasteiger partial charge in [-0.3, -0.25) is 5.10 Å². The molecule has 2 aliphatic heterocycles. The van der Waals surface area contributed by atoms with Crippen molar-refractivity contribution in [2.45, 2.75) is 31.5 Å². The fraction of sp³-hybridized carbons (Fsp3) is 0.381. The van der Waals surface area contributed by atoms with Gasteiger partial charge in [-0.2, -0.15) is 5.10 Å². The normalized spacial score (nSPS) is 20.4. The van der Waals surface area contributed by atoms with Crippen molar-refractivity contribution in [1.82, 2.24) is 35.5 Å². The lowest BCUT2D eigenvalue weighted by molar-refractivity contribution is 0.276. The van der Waals surface area contributed by atoms with E-state index < -0.39 is 0 Å². The molecule has 5 heterocycles. The number of aromatic nitrogens is 6. The number of nitrogens with zero attached hydrogens (tertiary/aromatic N) is 6. The monoisotopic (exact) mass is 452 g/mol. The minimum absolute atomic E-state index is 0.208. The SMILES string of the molecule is COc1cnc2ccc(-c3n[nH]c4nc(N5C6CCC5CNC6)c(CO)nc34)c(Cl)c2n1. The van der Waals surface area contributed by atoms with Crippen LogP contribution in [-0.2, 0) is 6.61 Å². The Bertz CT molecular complexity index is 1330. The van der Waals surface area contributed by atoms with Gasteiger partial charge in [-0.15, -0.1) is 0 Å². The van der Waals surface area contributed by atoms with E-state index in [1.165, 1.54) is 7.11 Å². The van der Waals surface area contributed by atoms with Crippen LogP contribution in [0.3, 0.4) is 0 Å². The summed E-state index contributed by atoms with van der Waals surface area (Å²) >= 11 is 6.71. The molecule has 2 bridgehead atoms. The Kier molecular flexibility index (Phi) is 4.60. The van der Waals surface area contributed by atoms with Crippen molar-refractivity contribution in [1.29, 1.82) is 0 Å². The topological polar surface area (TPSA) is 125 Å². The van der Waals surface area contributed by atoms with Crippen molar-refractivity contribution in [3.8, 4) is 17.1 Å². The second-order valence-electron chi connectivity index (χ2n) is 8.08. The van der Waals surface area contributed by atoms with Gasteiger partial charge >= 0.3 is 0 Å². The number of nitrogens with one attached hydrogen (secondary N) is 2. The van der Waals surface area contributed by atoms with E-state index in [0.717, 1.165) is 31.7 Å². The van der Waals surface area contributed by atoms with Crippen molar-refractivity contribution < 1.29 is 9.84 Å². The zero-order valence-corrected chi connectivity index (χ0v) is 18.1. The number of benzene rings is 1. The number of rotatable bonds is 4. The lowest BCUT2D eigenvalue weighted by atomic mass is 10.1. The van der Waals surface area contributed by atoms with Crippen molar-refractivity contribution in [2.24, 2.45) is 0 Å². The van der Waals surface area contributed by atoms with Crippen LogP contribution in [0, 0.1) is 0 Å². The third-order valence-electron chi connectivity index (χ3n) is 6.31. The Hall–Kier alpha value is -3.08. The summed E-state index contributed by atoms with van der Waals surface area (Å²) in [6, 6.07) is 4.39. The standard InChI is InChI=1S/C21H21ClN8O2/c1-32-15-8-24-13-5-4-12(16(22)18(13)26-15)17-19-20(29-28-17)27-21(14(9-31)25-19)30-10-2-3-11(30)7-23-6-10/h4-5,8,10-11,23,31H,2-3,6-7,9H2,1H3,(H,27,28,29). The lowest BCUT2D eigenvalue weighted by Gasteiger charge is -2.36. The second-order valence-corrected chi connectivity index (χ2v) is 8.46. The van der Waals surface area contributed by atoms with E-state index in [1.807, 2.05) is 12.1 Å². The van der Waals surface area contributed by atoms with E-state index >= 15 is 0 Å². The molecule has 2 fully saturated rings. The number of anilines is 1. The largest absolute Gasteiger partial charge is 0.480 e. The van der Waals surface area contributed by atoms with Gasteiger partial charge in [-0.25, -0.2) is 19.9 Å². The van der Waals surface area contributed by atoms with Crippen LogP contribution >= 0.6 is 11.6 Å². The molecular weight excluding hydrogens is 432 g/mol. The lowest BCUT2D eigenvalue weighted by Crippen LogP contribution is -2.52. The van der Waals surface area contributed by atoms with Crippen molar-refractivity contribution >= 4 is 39.6 Å². The molecule has 3 aromatic heterocycles. The predicted molar refractivity (Wildman–Crippen MR) is 120 cm³/mol. The fourth-order valence-corrected chi connectivity index (χ4v) is 5.09. The van der Waals surface area contributed by atoms with Crippen LogP contribution in [-0.4, -0.2) is 67.5 Å². The fourth-order valence-electron chi connectivity index (χ4n) is 4.80. The quantitative estimate of drug-likeness (QED) is 0.426. The molecule has 164 valence electrons. The van der Waals surface area contributed by atoms with Crippen LogP contribution in [0.1, 0.15) is 18.5 Å². The molecule has 0 saturated carbocycles. The minimum atomic E-state index is -0.208. The highest BCUT2D eigenvalue weighted by Gasteiger charge is 2.39. The molecule has 0 aliphatic carbocycles. The summed E-state index contributed by atoms with van der Waals surface area (Å²) in [4.78, 5) is 20.7. The number of aromatic amines is 1. The van der Waals surface area contributed by atoms with Gasteiger partial charge in [0.25, 0.3) is 0 Å². The Balaban J connectivity index is 1.49. The Labute approximate surface area is 188 Å². The maximum absolute atomic E-state index is 10.1. The second kappa shape index (κ2) is 7.51. The molecule has 1 aromatic carbocycles. The molecule has 2 unspecified atom stereocenters. The predicted octanol–water partition coefficient (Wildman–Crippen LogP) is 2.06. The number of fused-ring (bicyclic) bond motifs is 4. The number of aliphatic hydroxyl groups excluding tert-OH is 1. The van der Waals surface area contributed by atoms with Crippen LogP contribution in [0.2, 0.25) is 5.02 Å². The summed E-state index contributed by atoms with van der Waals surface area (Å²) in [5.41, 5.74) is 4.02. The first kappa shape index (κ1) is 19.6. The number of piperazine rings is 1. The molecule has 6 rings (SSSR count). The smallest absolute Gasteiger partial charge is 0.232 e. The number of H-pyrrole nitrogens is 1. The van der Waals surface area contributed by atoms with E-state index in [4.69, 9.17) is 26.3 Å². The zero-order chi connectivity index (χ0) is 21.8. The van der Waals surface area contributed by atoms with Gasteiger partial charge in [-0.1, -0.05) is 11.6 Å². The molecule has 32 heavy (non-hydrogen) atoms. The Morgan fingerprint density at radius 3 is 2.72 bits per heavy atom. The minimum Gasteiger partial charge on any atom is -0.480 e. The van der Waals surface area contributed by atoms with E-state index in [1.54, 1.807) is 6.20 Å². The zero-order valence-electron chi connectivity index (χ0n) is 17.3. The molecule has 2 atom stereocenters. The summed E-state index contributed by atoms with van der Waals surface area (Å²) in [5, 5.41) is 21.5. The van der Waals surface area contributed by atoms with Crippen LogP contribution in [0.25, 0.3) is 33.5 Å². The Morgan fingerprint density at radius 1 is 1.16 bits per heavy atom. The highest BCUT2D eigenvalue weighted by molar-refractivity contribution is 6.38. The number of halogens is 1. The molecule has 0 radical (unpaired) electrons. The summed E-state index contributed by atoms with van der Waals surface area (Å²) in [7, 11) is 1.53. The first-order valence-electron chi connectivity index (χ1n) is 10.5. The maximum atomic E-state index is 10.1. The van der Waals surface area contributed by atoms with Crippen molar-refractivity contribution in [3.05, 3.63) is 29.0 Å². The van der Waals surface area contributed by atoms with Crippen LogP contribution in [0.4, 0.5) is 5.82 Å². The molecule has 0 amide bonds. The van der Waals surface area contributed by atoms with Gasteiger partial charge in [0, 0.05) is 30.7 Å². The first-order chi connectivity index (χ1) is 15.7. The number of hydrogen-bond acceptors (Lipinski definition) is 9. The van der Waals surface area contributed by atoms with E-state index in [0.29, 0.717) is 62.1 Å². The maximum Gasteiger partial charge on any atom is 0.232 e. The molecular formula is C21H21ClN8O2. The van der Waals surface area contributed by atoms with Crippen molar-refractivity contribution in [2.75, 3.05) is 25.1 Å². The number of ether oxygens (including phenoxy) is 1.